The van der Waals surface area contributed by atoms with Gasteiger partial charge in [-0.15, -0.1) is 0 Å². The van der Waals surface area contributed by atoms with Crippen molar-refractivity contribution < 1.29 is 8.83 Å². The molecule has 0 atom stereocenters. The van der Waals surface area contributed by atoms with E-state index in [4.69, 9.17) is 8.83 Å². The van der Waals surface area contributed by atoms with Gasteiger partial charge in [0.1, 0.15) is 11.0 Å². The quantitative estimate of drug-likeness (QED) is 0.116. The summed E-state index contributed by atoms with van der Waals surface area (Å²) in [7, 11) is 0. The molecule has 3 N–H and O–H groups in total. The molecule has 0 aliphatic rings. The lowest BCUT2D eigenvalue weighted by Crippen LogP contribution is -2.06. The molecule has 7 aromatic rings. The minimum absolute atomic E-state index is 0.340. The van der Waals surface area contributed by atoms with E-state index in [2.05, 4.69) is 61.3 Å². The van der Waals surface area contributed by atoms with Gasteiger partial charge in [-0.2, -0.15) is 15.0 Å². The van der Waals surface area contributed by atoms with Crippen molar-refractivity contribution in [2.75, 3.05) is 16.0 Å². The first-order valence-electron chi connectivity index (χ1n) is 16.5. The number of aryl methyl sites for hydroxylation is 2. The molecule has 248 valence electrons. The van der Waals surface area contributed by atoms with E-state index in [1.165, 1.54) is 31.9 Å². The van der Waals surface area contributed by atoms with Gasteiger partial charge in [0.25, 0.3) is 0 Å². The number of hydrogen-bond acceptors (Lipinski definition) is 10. The zero-order valence-electron chi connectivity index (χ0n) is 28.2. The van der Waals surface area contributed by atoms with Crippen LogP contribution < -0.4 is 16.0 Å². The number of oxazole rings is 2. The van der Waals surface area contributed by atoms with Gasteiger partial charge in [0.2, 0.25) is 29.6 Å². The number of fused-ring (bicyclic) bond motifs is 2. The monoisotopic (exact) mass is 652 g/mol. The van der Waals surface area contributed by atoms with Gasteiger partial charge in [0.15, 0.2) is 11.2 Å². The Labute approximate surface area is 285 Å². The number of hydrogen-bond donors (Lipinski definition) is 3. The summed E-state index contributed by atoms with van der Waals surface area (Å²) in [6.07, 6.45) is 7.05. The number of unbranched alkanes of at least 4 members (excludes halogenated alkanes) is 3. The van der Waals surface area contributed by atoms with Crippen molar-refractivity contribution in [2.45, 2.75) is 53.4 Å². The van der Waals surface area contributed by atoms with E-state index in [-0.39, 0.29) is 0 Å². The lowest BCUT2D eigenvalue weighted by Gasteiger charge is -2.10. The molecule has 0 amide bonds. The van der Waals surface area contributed by atoms with Crippen molar-refractivity contribution in [1.29, 1.82) is 0 Å². The van der Waals surface area contributed by atoms with Gasteiger partial charge in [-0.1, -0.05) is 58.2 Å². The highest BCUT2D eigenvalue weighted by Gasteiger charge is 2.12. The van der Waals surface area contributed by atoms with Gasteiger partial charge in [0.05, 0.1) is 0 Å². The maximum Gasteiger partial charge on any atom is 0.233 e. The van der Waals surface area contributed by atoms with Crippen molar-refractivity contribution in [1.82, 2.24) is 24.9 Å². The molecule has 10 heteroatoms. The van der Waals surface area contributed by atoms with E-state index in [0.29, 0.717) is 29.6 Å². The van der Waals surface area contributed by atoms with Crippen LogP contribution in [0.1, 0.15) is 50.7 Å². The fourth-order valence-corrected chi connectivity index (χ4v) is 5.12. The maximum absolute atomic E-state index is 5.93. The molecule has 0 radical (unpaired) electrons. The normalized spacial score (nSPS) is 10.9. The molecule has 0 aliphatic carbocycles. The van der Waals surface area contributed by atoms with E-state index < -0.39 is 0 Å². The van der Waals surface area contributed by atoms with Crippen molar-refractivity contribution >= 4 is 51.4 Å². The van der Waals surface area contributed by atoms with Gasteiger partial charge < -0.3 is 24.8 Å². The van der Waals surface area contributed by atoms with E-state index in [1.54, 1.807) is 0 Å². The largest absolute Gasteiger partial charge is 0.436 e. The highest BCUT2D eigenvalue weighted by atomic mass is 16.4. The third-order valence-corrected chi connectivity index (χ3v) is 7.69. The first-order chi connectivity index (χ1) is 23.9. The molecule has 10 nitrogen and oxygen atoms in total. The van der Waals surface area contributed by atoms with Gasteiger partial charge in [-0.05, 0) is 104 Å². The first-order valence-corrected chi connectivity index (χ1v) is 16.5. The van der Waals surface area contributed by atoms with Crippen LogP contribution in [0.5, 0.6) is 0 Å². The Bertz CT molecular complexity index is 2020. The second kappa shape index (κ2) is 15.2. The summed E-state index contributed by atoms with van der Waals surface area (Å²) in [6, 6.07) is 27.3. The maximum atomic E-state index is 5.93. The molecule has 0 fully saturated rings. The zero-order valence-corrected chi connectivity index (χ0v) is 28.2. The van der Waals surface area contributed by atoms with Gasteiger partial charge in [-0.3, -0.25) is 0 Å². The predicted molar refractivity (Wildman–Crippen MR) is 198 cm³/mol. The molecule has 0 bridgehead atoms. The molecule has 3 aromatic heterocycles. The van der Waals surface area contributed by atoms with Gasteiger partial charge in [0, 0.05) is 22.5 Å². The number of nitrogens with zero attached hydrogens (tertiary/aromatic N) is 5. The molecule has 4 aromatic carbocycles. The van der Waals surface area contributed by atoms with Crippen LogP contribution in [0, 0.1) is 13.8 Å². The molecule has 49 heavy (non-hydrogen) atoms. The first kappa shape index (κ1) is 32.9. The average Bonchev–Trinajstić information content (AvgIpc) is 3.72. The third-order valence-electron chi connectivity index (χ3n) is 7.69. The summed E-state index contributed by atoms with van der Waals surface area (Å²) in [5.74, 6) is 2.17. The SMILES string of the molecule is C=CNc1nc(Nc2ccc(-c3nc4cc(C)ccc4o3)cc2)nc(Nc2ccc(-c3nc4cc(C)ccc4o3)cc2)n1.CCCCCC. The Balaban J connectivity index is 0.000000639. The van der Waals surface area contributed by atoms with Crippen LogP contribution in [-0.2, 0) is 0 Å². The Morgan fingerprint density at radius 3 is 1.41 bits per heavy atom. The van der Waals surface area contributed by atoms with Crippen molar-refractivity contribution in [3.05, 3.63) is 109 Å². The second-order valence-electron chi connectivity index (χ2n) is 11.7. The lowest BCUT2D eigenvalue weighted by molar-refractivity contribution is 0.619. The summed E-state index contributed by atoms with van der Waals surface area (Å²) in [5.41, 5.74) is 8.75. The molecule has 0 saturated carbocycles. The van der Waals surface area contributed by atoms with Crippen LogP contribution in [0.4, 0.5) is 29.2 Å². The number of nitrogens with one attached hydrogen (secondary N) is 3. The predicted octanol–water partition coefficient (Wildman–Crippen LogP) is 10.7. The molecule has 0 aliphatic heterocycles. The topological polar surface area (TPSA) is 127 Å². The summed E-state index contributed by atoms with van der Waals surface area (Å²) in [6.45, 7) is 12.2. The lowest BCUT2D eigenvalue weighted by atomic mass is 10.2. The molecule has 7 rings (SSSR count). The summed E-state index contributed by atoms with van der Waals surface area (Å²) >= 11 is 0. The van der Waals surface area contributed by atoms with E-state index in [0.717, 1.165) is 55.8 Å². The highest BCUT2D eigenvalue weighted by Crippen LogP contribution is 2.28. The van der Waals surface area contributed by atoms with Gasteiger partial charge in [-0.25, -0.2) is 9.97 Å². The highest BCUT2D eigenvalue weighted by molar-refractivity contribution is 5.78. The standard InChI is InChI=1S/C33H26N8O2.C6H14/c1-4-34-31-39-32(35-23-11-7-21(8-12-23)29-37-25-17-19(2)5-15-27(25)42-29)41-33(40-31)36-24-13-9-22(10-14-24)30-38-26-18-20(3)6-16-28(26)43-30;1-3-5-6-4-2/h4-18H,1H2,2-3H3,(H3,34,35,36,39,40,41);3-6H2,1-2H3. The fraction of sp³-hybridized carbons (Fsp3) is 0.205. The fourth-order valence-electron chi connectivity index (χ4n) is 5.12. The van der Waals surface area contributed by atoms with Crippen LogP contribution in [0.3, 0.4) is 0 Å². The van der Waals surface area contributed by atoms with Crippen LogP contribution >= 0.6 is 0 Å². The third kappa shape index (κ3) is 8.28. The van der Waals surface area contributed by atoms with Gasteiger partial charge >= 0.3 is 0 Å². The molecule has 0 saturated heterocycles. The summed E-state index contributed by atoms with van der Waals surface area (Å²) in [5, 5.41) is 9.42. The van der Waals surface area contributed by atoms with E-state index in [9.17, 15) is 0 Å². The Kier molecular flexibility index (Phi) is 10.2. The molecular formula is C39H40N8O2. The zero-order chi connectivity index (χ0) is 34.2. The number of benzene rings is 4. The Morgan fingerprint density at radius 2 is 1.00 bits per heavy atom. The van der Waals surface area contributed by atoms with Crippen molar-refractivity contribution in [3.63, 3.8) is 0 Å². The van der Waals surface area contributed by atoms with Crippen LogP contribution in [0.2, 0.25) is 0 Å². The summed E-state index contributed by atoms with van der Waals surface area (Å²) < 4.78 is 11.9. The number of anilines is 5. The van der Waals surface area contributed by atoms with Crippen molar-refractivity contribution in [3.8, 4) is 22.9 Å². The Hall–Kier alpha value is -6.03. The second-order valence-corrected chi connectivity index (χ2v) is 11.7. The summed E-state index contributed by atoms with van der Waals surface area (Å²) in [4.78, 5) is 22.7. The number of aromatic nitrogens is 5. The molecular weight excluding hydrogens is 612 g/mol. The minimum Gasteiger partial charge on any atom is -0.436 e. The van der Waals surface area contributed by atoms with E-state index in [1.807, 2.05) is 98.8 Å². The smallest absolute Gasteiger partial charge is 0.233 e. The van der Waals surface area contributed by atoms with Crippen LogP contribution in [0.25, 0.3) is 45.1 Å². The Morgan fingerprint density at radius 1 is 0.571 bits per heavy atom. The minimum atomic E-state index is 0.340. The van der Waals surface area contributed by atoms with Crippen LogP contribution in [-0.4, -0.2) is 24.9 Å². The van der Waals surface area contributed by atoms with E-state index >= 15 is 0 Å². The average molecular weight is 653 g/mol. The molecule has 0 unspecified atom stereocenters. The molecule has 3 heterocycles. The number of rotatable bonds is 11. The molecule has 0 spiro atoms. The van der Waals surface area contributed by atoms with Crippen LogP contribution in [0.15, 0.2) is 107 Å². The van der Waals surface area contributed by atoms with Crippen molar-refractivity contribution in [2.24, 2.45) is 0 Å².